The van der Waals surface area contributed by atoms with Gasteiger partial charge in [0.15, 0.2) is 0 Å². The fourth-order valence-electron chi connectivity index (χ4n) is 3.66. The van der Waals surface area contributed by atoms with Gasteiger partial charge < -0.3 is 34.0 Å². The zero-order chi connectivity index (χ0) is 23.8. The first-order valence-electron chi connectivity index (χ1n) is 11.2. The molecular weight excluding hydrogens is 447 g/mol. The van der Waals surface area contributed by atoms with E-state index in [-0.39, 0.29) is 0 Å². The first-order chi connectivity index (χ1) is 16.7. The number of para-hydroxylation sites is 1. The number of benzene rings is 3. The Hall–Kier alpha value is -3.41. The van der Waals surface area contributed by atoms with Gasteiger partial charge in [-0.3, -0.25) is 0 Å². The first-order valence-corrected chi connectivity index (χ1v) is 12.4. The molecule has 1 aliphatic rings. The molecule has 0 saturated carbocycles. The third-order valence-electron chi connectivity index (χ3n) is 5.39. The molecule has 1 saturated heterocycles. The van der Waals surface area contributed by atoms with Gasteiger partial charge in [0.1, 0.15) is 11.5 Å². The summed E-state index contributed by atoms with van der Waals surface area (Å²) in [7, 11) is 2.32. The molecule has 178 valence electrons. The molecule has 0 atom stereocenters. The van der Waals surface area contributed by atoms with E-state index in [1.165, 1.54) is 0 Å². The zero-order valence-electron chi connectivity index (χ0n) is 19.6. The lowest BCUT2D eigenvalue weighted by Gasteiger charge is -2.31. The molecule has 0 aromatic heterocycles. The highest BCUT2D eigenvalue weighted by Gasteiger charge is 2.35. The van der Waals surface area contributed by atoms with E-state index in [4.69, 9.17) is 14.0 Å². The van der Waals surface area contributed by atoms with Gasteiger partial charge in [0.25, 0.3) is 0 Å². The fraction of sp³-hybridized carbons (Fsp3) is 0.231. The Kier molecular flexibility index (Phi) is 8.12. The number of anilines is 3. The van der Waals surface area contributed by atoms with Crippen molar-refractivity contribution >= 4 is 25.5 Å². The number of nitrogens with one attached hydrogen (secondary N) is 2. The summed E-state index contributed by atoms with van der Waals surface area (Å²) in [4.78, 5) is 0. The predicted molar refractivity (Wildman–Crippen MR) is 141 cm³/mol. The van der Waals surface area contributed by atoms with Crippen LogP contribution >= 0.6 is 8.45 Å². The van der Waals surface area contributed by atoms with Crippen molar-refractivity contribution in [2.45, 2.75) is 0 Å². The molecule has 8 heteroatoms. The summed E-state index contributed by atoms with van der Waals surface area (Å²) < 4.78 is 21.8. The lowest BCUT2D eigenvalue weighted by atomic mass is 10.3. The van der Waals surface area contributed by atoms with Crippen LogP contribution in [-0.4, -0.2) is 40.5 Å². The molecule has 0 amide bonds. The van der Waals surface area contributed by atoms with Crippen molar-refractivity contribution in [1.29, 1.82) is 0 Å². The standard InChI is InChI=1S/C26H31N4O3P/c1-21(28-22-7-5-4-6-8-22)27-17-20-33-34-29(23-9-13-25(31-2)14-10-23)18-19-30(34)24-11-15-26(32-3)16-12-24/h4-16,27-28H,1,17-20H2,2-3H3. The van der Waals surface area contributed by atoms with Crippen LogP contribution in [0, 0.1) is 0 Å². The van der Waals surface area contributed by atoms with E-state index in [9.17, 15) is 0 Å². The Morgan fingerprint density at radius 3 is 1.85 bits per heavy atom. The second kappa shape index (κ2) is 11.6. The molecule has 0 spiro atoms. The highest BCUT2D eigenvalue weighted by molar-refractivity contribution is 7.56. The van der Waals surface area contributed by atoms with Gasteiger partial charge in [0.2, 0.25) is 8.45 Å². The summed E-state index contributed by atoms with van der Waals surface area (Å²) in [6.07, 6.45) is 0. The minimum atomic E-state index is -1.04. The monoisotopic (exact) mass is 478 g/mol. The van der Waals surface area contributed by atoms with Crippen LogP contribution in [0.5, 0.6) is 11.5 Å². The molecule has 1 heterocycles. The van der Waals surface area contributed by atoms with Crippen molar-refractivity contribution in [3.8, 4) is 11.5 Å². The maximum absolute atomic E-state index is 6.47. The third-order valence-corrected chi connectivity index (χ3v) is 7.50. The Morgan fingerprint density at radius 2 is 1.35 bits per heavy atom. The average Bonchev–Trinajstić information content (AvgIpc) is 3.31. The molecule has 1 aliphatic heterocycles. The largest absolute Gasteiger partial charge is 0.497 e. The van der Waals surface area contributed by atoms with Gasteiger partial charge in [-0.05, 0) is 60.7 Å². The van der Waals surface area contributed by atoms with E-state index < -0.39 is 8.45 Å². The van der Waals surface area contributed by atoms with E-state index in [2.05, 4.69) is 50.8 Å². The van der Waals surface area contributed by atoms with E-state index in [0.29, 0.717) is 13.2 Å². The minimum Gasteiger partial charge on any atom is -0.497 e. The van der Waals surface area contributed by atoms with Gasteiger partial charge in [0.05, 0.1) is 26.6 Å². The van der Waals surface area contributed by atoms with Gasteiger partial charge in [-0.25, -0.2) is 0 Å². The van der Waals surface area contributed by atoms with Crippen molar-refractivity contribution < 1.29 is 14.0 Å². The normalized spacial score (nSPS) is 13.6. The topological polar surface area (TPSA) is 58.2 Å². The Morgan fingerprint density at radius 1 is 0.824 bits per heavy atom. The van der Waals surface area contributed by atoms with Crippen molar-refractivity contribution in [1.82, 2.24) is 5.32 Å². The number of rotatable bonds is 11. The van der Waals surface area contributed by atoms with E-state index >= 15 is 0 Å². The highest BCUT2D eigenvalue weighted by Crippen LogP contribution is 2.54. The van der Waals surface area contributed by atoms with Gasteiger partial charge >= 0.3 is 0 Å². The van der Waals surface area contributed by atoms with Crippen LogP contribution in [0.4, 0.5) is 17.1 Å². The van der Waals surface area contributed by atoms with Crippen LogP contribution in [0.3, 0.4) is 0 Å². The van der Waals surface area contributed by atoms with Crippen molar-refractivity contribution in [2.24, 2.45) is 0 Å². The molecular formula is C26H31N4O3P. The molecule has 3 aromatic carbocycles. The lowest BCUT2D eigenvalue weighted by Crippen LogP contribution is -2.24. The maximum Gasteiger partial charge on any atom is 0.248 e. The second-order valence-corrected chi connectivity index (χ2v) is 9.35. The summed E-state index contributed by atoms with van der Waals surface area (Å²) in [5.41, 5.74) is 3.23. The van der Waals surface area contributed by atoms with Gasteiger partial charge in [-0.15, -0.1) is 0 Å². The third kappa shape index (κ3) is 5.93. The second-order valence-electron chi connectivity index (χ2n) is 7.62. The number of hydrogen-bond acceptors (Lipinski definition) is 7. The SMILES string of the molecule is C=C(NCCOP1N(c2ccc(OC)cc2)CCN1c1ccc(OC)cc1)Nc1ccccc1. The van der Waals surface area contributed by atoms with E-state index in [0.717, 1.165) is 47.5 Å². The van der Waals surface area contributed by atoms with E-state index in [1.54, 1.807) is 14.2 Å². The van der Waals surface area contributed by atoms with Crippen LogP contribution in [0.25, 0.3) is 0 Å². The number of hydrogen-bond donors (Lipinski definition) is 2. The summed E-state index contributed by atoms with van der Waals surface area (Å²) in [5, 5.41) is 6.56. The summed E-state index contributed by atoms with van der Waals surface area (Å²) in [5.74, 6) is 2.43. The Bertz CT molecular complexity index is 992. The number of nitrogens with zero attached hydrogens (tertiary/aromatic N) is 2. The van der Waals surface area contributed by atoms with Crippen LogP contribution in [0.1, 0.15) is 0 Å². The smallest absolute Gasteiger partial charge is 0.248 e. The number of methoxy groups -OCH3 is 2. The Labute approximate surface area is 202 Å². The van der Waals surface area contributed by atoms with Crippen molar-refractivity contribution in [3.63, 3.8) is 0 Å². The van der Waals surface area contributed by atoms with Gasteiger partial charge in [0, 0.05) is 36.7 Å². The molecule has 4 rings (SSSR count). The lowest BCUT2D eigenvalue weighted by molar-refractivity contribution is 0.352. The average molecular weight is 479 g/mol. The molecule has 0 radical (unpaired) electrons. The molecule has 1 fully saturated rings. The molecule has 0 aliphatic carbocycles. The molecule has 2 N–H and O–H groups in total. The summed E-state index contributed by atoms with van der Waals surface area (Å²) in [6, 6.07) is 26.2. The fourth-order valence-corrected chi connectivity index (χ4v) is 5.64. The summed E-state index contributed by atoms with van der Waals surface area (Å²) in [6.45, 7) is 6.99. The van der Waals surface area contributed by atoms with Gasteiger partial charge in [-0.2, -0.15) is 0 Å². The zero-order valence-corrected chi connectivity index (χ0v) is 20.5. The Balaban J connectivity index is 1.41. The predicted octanol–water partition coefficient (Wildman–Crippen LogP) is 5.45. The first kappa shape index (κ1) is 23.7. The molecule has 3 aromatic rings. The van der Waals surface area contributed by atoms with Crippen molar-refractivity contribution in [2.75, 3.05) is 55.1 Å². The van der Waals surface area contributed by atoms with Crippen LogP contribution < -0.4 is 29.4 Å². The molecule has 34 heavy (non-hydrogen) atoms. The van der Waals surface area contributed by atoms with Crippen LogP contribution in [-0.2, 0) is 4.52 Å². The van der Waals surface area contributed by atoms with E-state index in [1.807, 2.05) is 54.6 Å². The quantitative estimate of drug-likeness (QED) is 0.281. The highest BCUT2D eigenvalue weighted by atomic mass is 31.2. The summed E-state index contributed by atoms with van der Waals surface area (Å²) >= 11 is 0. The van der Waals surface area contributed by atoms with Crippen LogP contribution in [0.2, 0.25) is 0 Å². The molecule has 0 bridgehead atoms. The number of ether oxygens (including phenoxy) is 2. The van der Waals surface area contributed by atoms with Gasteiger partial charge in [-0.1, -0.05) is 24.8 Å². The molecule has 0 unspecified atom stereocenters. The van der Waals surface area contributed by atoms with Crippen LogP contribution in [0.15, 0.2) is 91.3 Å². The minimum absolute atomic E-state index is 0.542. The van der Waals surface area contributed by atoms with Crippen molar-refractivity contribution in [3.05, 3.63) is 91.3 Å². The molecule has 7 nitrogen and oxygen atoms in total. The maximum atomic E-state index is 6.47.